The summed E-state index contributed by atoms with van der Waals surface area (Å²) in [6, 6.07) is 11.6. The van der Waals surface area contributed by atoms with E-state index in [1.807, 2.05) is 47.0 Å². The Kier molecular flexibility index (Phi) is 5.74. The van der Waals surface area contributed by atoms with Gasteiger partial charge in [0.15, 0.2) is 0 Å². The minimum Gasteiger partial charge on any atom is -0.355 e. The van der Waals surface area contributed by atoms with Gasteiger partial charge in [-0.25, -0.2) is 8.42 Å². The molecule has 1 aliphatic rings. The third kappa shape index (κ3) is 4.47. The molecular formula is C21H25N5O3S. The predicted molar refractivity (Wildman–Crippen MR) is 116 cm³/mol. The fraction of sp³-hybridized carbons (Fsp3) is 0.333. The van der Waals surface area contributed by atoms with Crippen molar-refractivity contribution in [3.8, 4) is 0 Å². The lowest BCUT2D eigenvalue weighted by atomic mass is 10.2. The van der Waals surface area contributed by atoms with Crippen molar-refractivity contribution in [2.75, 3.05) is 43.9 Å². The second-order valence-corrected chi connectivity index (χ2v) is 9.40. The average Bonchev–Trinajstić information content (AvgIpc) is 3.17. The van der Waals surface area contributed by atoms with Gasteiger partial charge in [-0.1, -0.05) is 6.07 Å². The van der Waals surface area contributed by atoms with Crippen LogP contribution in [-0.4, -0.2) is 67.0 Å². The normalized spacial score (nSPS) is 15.4. The molecule has 1 saturated heterocycles. The second-order valence-electron chi connectivity index (χ2n) is 7.42. The summed E-state index contributed by atoms with van der Waals surface area (Å²) < 4.78 is 27.0. The van der Waals surface area contributed by atoms with E-state index in [2.05, 4.69) is 15.2 Å². The minimum atomic E-state index is -3.16. The Balaban J connectivity index is 1.44. The Bertz CT molecular complexity index is 1140. The molecule has 0 radical (unpaired) electrons. The van der Waals surface area contributed by atoms with E-state index in [-0.39, 0.29) is 5.91 Å². The molecule has 0 atom stereocenters. The standard InChI is InChI=1S/C21H25N5O3S/c1-30(28,29)25-13-11-24(12-14-25)20-7-6-19-5-4-18(16-26(19)20)21(27)23-10-8-17-3-2-9-22-15-17/h2-7,9,15-16H,8,10-14H2,1H3,(H,23,27). The molecule has 8 nitrogen and oxygen atoms in total. The number of pyridine rings is 2. The number of sulfonamides is 1. The maximum Gasteiger partial charge on any atom is 0.252 e. The van der Waals surface area contributed by atoms with Crippen molar-refractivity contribution in [1.82, 2.24) is 19.0 Å². The molecule has 3 aromatic rings. The maximum atomic E-state index is 12.6. The van der Waals surface area contributed by atoms with E-state index in [4.69, 9.17) is 0 Å². The van der Waals surface area contributed by atoms with E-state index in [1.165, 1.54) is 10.6 Å². The molecule has 1 fully saturated rings. The van der Waals surface area contributed by atoms with E-state index in [0.717, 1.165) is 23.3 Å². The first-order valence-electron chi connectivity index (χ1n) is 9.90. The molecule has 158 valence electrons. The van der Waals surface area contributed by atoms with E-state index in [0.29, 0.717) is 38.3 Å². The number of carbonyl (C=O) groups excluding carboxylic acids is 1. The van der Waals surface area contributed by atoms with Gasteiger partial charge < -0.3 is 14.6 Å². The van der Waals surface area contributed by atoms with Crippen LogP contribution >= 0.6 is 0 Å². The Morgan fingerprint density at radius 2 is 1.87 bits per heavy atom. The Hall–Kier alpha value is -2.91. The number of fused-ring (bicyclic) bond motifs is 1. The summed E-state index contributed by atoms with van der Waals surface area (Å²) in [6.07, 6.45) is 7.34. The second kappa shape index (κ2) is 8.45. The van der Waals surface area contributed by atoms with Gasteiger partial charge >= 0.3 is 0 Å². The smallest absolute Gasteiger partial charge is 0.252 e. The van der Waals surface area contributed by atoms with E-state index < -0.39 is 10.0 Å². The molecule has 0 saturated carbocycles. The van der Waals surface area contributed by atoms with Gasteiger partial charge in [-0.3, -0.25) is 9.78 Å². The van der Waals surface area contributed by atoms with Crippen LogP contribution in [-0.2, 0) is 16.4 Å². The SMILES string of the molecule is CS(=O)(=O)N1CCN(c2ccc3ccc(C(=O)NCCc4cccnc4)cn23)CC1. The average molecular weight is 428 g/mol. The fourth-order valence-corrected chi connectivity index (χ4v) is 4.52. The molecule has 3 aromatic heterocycles. The van der Waals surface area contributed by atoms with Gasteiger partial charge in [0.2, 0.25) is 10.0 Å². The molecule has 0 spiro atoms. The van der Waals surface area contributed by atoms with Gasteiger partial charge in [-0.2, -0.15) is 4.31 Å². The van der Waals surface area contributed by atoms with Gasteiger partial charge in [-0.05, 0) is 42.3 Å². The Morgan fingerprint density at radius 1 is 1.10 bits per heavy atom. The van der Waals surface area contributed by atoms with Gasteiger partial charge in [0.1, 0.15) is 5.82 Å². The highest BCUT2D eigenvalue weighted by Gasteiger charge is 2.24. The fourth-order valence-electron chi connectivity index (χ4n) is 3.70. The van der Waals surface area contributed by atoms with Crippen LogP contribution in [0.1, 0.15) is 15.9 Å². The van der Waals surface area contributed by atoms with E-state index >= 15 is 0 Å². The van der Waals surface area contributed by atoms with Crippen LogP contribution in [0, 0.1) is 0 Å². The Morgan fingerprint density at radius 3 is 2.57 bits per heavy atom. The zero-order valence-electron chi connectivity index (χ0n) is 16.9. The van der Waals surface area contributed by atoms with Gasteiger partial charge in [0.05, 0.1) is 11.8 Å². The summed E-state index contributed by atoms with van der Waals surface area (Å²) in [5.74, 6) is 0.838. The van der Waals surface area contributed by atoms with Crippen LogP contribution in [0.15, 0.2) is 55.0 Å². The van der Waals surface area contributed by atoms with Crippen molar-refractivity contribution in [2.24, 2.45) is 0 Å². The zero-order chi connectivity index (χ0) is 21.1. The molecule has 1 amide bonds. The number of anilines is 1. The lowest BCUT2D eigenvalue weighted by molar-refractivity contribution is 0.0953. The summed E-state index contributed by atoms with van der Waals surface area (Å²) in [5.41, 5.74) is 2.65. The topological polar surface area (TPSA) is 87.0 Å². The number of nitrogens with one attached hydrogen (secondary N) is 1. The molecule has 4 heterocycles. The first-order chi connectivity index (χ1) is 14.4. The molecule has 0 aliphatic carbocycles. The lowest BCUT2D eigenvalue weighted by Gasteiger charge is -2.34. The zero-order valence-corrected chi connectivity index (χ0v) is 17.7. The summed E-state index contributed by atoms with van der Waals surface area (Å²) in [6.45, 7) is 2.68. The summed E-state index contributed by atoms with van der Waals surface area (Å²) >= 11 is 0. The van der Waals surface area contributed by atoms with Crippen molar-refractivity contribution in [3.05, 3.63) is 66.1 Å². The number of piperazine rings is 1. The number of hydrogen-bond donors (Lipinski definition) is 1. The number of nitrogens with zero attached hydrogens (tertiary/aromatic N) is 4. The molecule has 0 bridgehead atoms. The molecule has 9 heteroatoms. The first-order valence-corrected chi connectivity index (χ1v) is 11.7. The van der Waals surface area contributed by atoms with Crippen molar-refractivity contribution in [2.45, 2.75) is 6.42 Å². The third-order valence-corrected chi connectivity index (χ3v) is 6.65. The highest BCUT2D eigenvalue weighted by Crippen LogP contribution is 2.22. The molecule has 0 aromatic carbocycles. The van der Waals surface area contributed by atoms with Gasteiger partial charge in [0.25, 0.3) is 5.91 Å². The molecular weight excluding hydrogens is 402 g/mol. The van der Waals surface area contributed by atoms with Gasteiger partial charge in [0, 0.05) is 56.8 Å². The van der Waals surface area contributed by atoms with Crippen LogP contribution in [0.3, 0.4) is 0 Å². The summed E-state index contributed by atoms with van der Waals surface area (Å²) in [5, 5.41) is 2.96. The predicted octanol–water partition coefficient (Wildman–Crippen LogP) is 1.39. The van der Waals surface area contributed by atoms with E-state index in [9.17, 15) is 13.2 Å². The molecule has 1 N–H and O–H groups in total. The quantitative estimate of drug-likeness (QED) is 0.642. The van der Waals surface area contributed by atoms with Crippen molar-refractivity contribution >= 4 is 27.3 Å². The summed E-state index contributed by atoms with van der Waals surface area (Å²) in [4.78, 5) is 18.8. The van der Waals surface area contributed by atoms with Crippen molar-refractivity contribution < 1.29 is 13.2 Å². The van der Waals surface area contributed by atoms with Crippen LogP contribution in [0.2, 0.25) is 0 Å². The van der Waals surface area contributed by atoms with Crippen LogP contribution in [0.4, 0.5) is 5.82 Å². The molecule has 30 heavy (non-hydrogen) atoms. The highest BCUT2D eigenvalue weighted by atomic mass is 32.2. The molecule has 4 rings (SSSR count). The first kappa shape index (κ1) is 20.4. The number of amides is 1. The van der Waals surface area contributed by atoms with Crippen molar-refractivity contribution in [1.29, 1.82) is 0 Å². The van der Waals surface area contributed by atoms with E-state index in [1.54, 1.807) is 12.4 Å². The van der Waals surface area contributed by atoms with Crippen LogP contribution in [0.25, 0.3) is 5.52 Å². The number of hydrogen-bond acceptors (Lipinski definition) is 5. The Labute approximate surface area is 176 Å². The number of carbonyl (C=O) groups is 1. The maximum absolute atomic E-state index is 12.6. The van der Waals surface area contributed by atoms with Crippen LogP contribution < -0.4 is 10.2 Å². The molecule has 0 unspecified atom stereocenters. The van der Waals surface area contributed by atoms with Crippen molar-refractivity contribution in [3.63, 3.8) is 0 Å². The number of rotatable bonds is 6. The van der Waals surface area contributed by atoms with Crippen LogP contribution in [0.5, 0.6) is 0 Å². The number of aromatic nitrogens is 2. The monoisotopic (exact) mass is 427 g/mol. The third-order valence-electron chi connectivity index (χ3n) is 5.35. The summed E-state index contributed by atoms with van der Waals surface area (Å²) in [7, 11) is -3.16. The minimum absolute atomic E-state index is 0.123. The largest absolute Gasteiger partial charge is 0.355 e. The molecule has 1 aliphatic heterocycles. The van der Waals surface area contributed by atoms with Gasteiger partial charge in [-0.15, -0.1) is 0 Å². The highest BCUT2D eigenvalue weighted by molar-refractivity contribution is 7.88. The lowest BCUT2D eigenvalue weighted by Crippen LogP contribution is -2.48.